The maximum absolute atomic E-state index is 10.4. The largest absolute Gasteiger partial charge is 0.481 e. The van der Waals surface area contributed by atoms with Crippen LogP contribution in [0.1, 0.15) is 44.4 Å². The molecule has 0 spiro atoms. The predicted octanol–water partition coefficient (Wildman–Crippen LogP) is 1.13. The third kappa shape index (κ3) is 3.98. The Bertz CT molecular complexity index is 349. The zero-order valence-corrected chi connectivity index (χ0v) is 9.51. The molecule has 3 N–H and O–H groups in total. The molecule has 1 aromatic rings. The molecule has 0 unspecified atom stereocenters. The molecule has 0 bridgehead atoms. The van der Waals surface area contributed by atoms with Crippen LogP contribution in [0.4, 0.5) is 0 Å². The molecule has 0 radical (unpaired) electrons. The van der Waals surface area contributed by atoms with E-state index in [1.165, 1.54) is 0 Å². The van der Waals surface area contributed by atoms with Crippen LogP contribution in [0.2, 0.25) is 0 Å². The third-order valence-electron chi connectivity index (χ3n) is 2.06. The molecule has 0 fully saturated rings. The smallest absolute Gasteiger partial charge is 0.303 e. The topological polar surface area (TPSA) is 102 Å². The molecule has 0 saturated carbocycles. The van der Waals surface area contributed by atoms with Crippen LogP contribution < -0.4 is 5.73 Å². The van der Waals surface area contributed by atoms with Gasteiger partial charge in [-0.15, -0.1) is 0 Å². The van der Waals surface area contributed by atoms with E-state index >= 15 is 0 Å². The maximum atomic E-state index is 10.4. The highest BCUT2D eigenvalue weighted by molar-refractivity contribution is 5.66. The summed E-state index contributed by atoms with van der Waals surface area (Å²) in [6.07, 6.45) is 1.04. The van der Waals surface area contributed by atoms with Crippen LogP contribution in [-0.4, -0.2) is 21.2 Å². The number of rotatable bonds is 6. The number of carbonyl (C=O) groups is 1. The van der Waals surface area contributed by atoms with Crippen LogP contribution in [0, 0.1) is 5.92 Å². The van der Waals surface area contributed by atoms with Crippen LogP contribution in [0.15, 0.2) is 4.52 Å². The van der Waals surface area contributed by atoms with Crippen molar-refractivity contribution in [1.29, 1.82) is 0 Å². The van der Waals surface area contributed by atoms with Crippen LogP contribution in [-0.2, 0) is 11.2 Å². The molecular formula is C10H17N3O3. The van der Waals surface area contributed by atoms with Crippen LogP contribution in [0.25, 0.3) is 0 Å². The number of carboxylic acids is 1. The Morgan fingerprint density at radius 2 is 2.25 bits per heavy atom. The summed E-state index contributed by atoms with van der Waals surface area (Å²) in [6.45, 7) is 4.11. The van der Waals surface area contributed by atoms with E-state index in [1.54, 1.807) is 0 Å². The molecule has 90 valence electrons. The van der Waals surface area contributed by atoms with Gasteiger partial charge in [-0.25, -0.2) is 0 Å². The first kappa shape index (κ1) is 12.6. The van der Waals surface area contributed by atoms with Crippen molar-refractivity contribution in [3.05, 3.63) is 11.7 Å². The highest BCUT2D eigenvalue weighted by Crippen LogP contribution is 2.14. The molecule has 1 aromatic heterocycles. The number of hydrogen-bond acceptors (Lipinski definition) is 5. The fraction of sp³-hybridized carbons (Fsp3) is 0.700. The Morgan fingerprint density at radius 1 is 1.56 bits per heavy atom. The minimum absolute atomic E-state index is 0.00304. The second-order valence-electron chi connectivity index (χ2n) is 4.19. The molecule has 0 saturated heterocycles. The quantitative estimate of drug-likeness (QED) is 0.755. The standard InChI is InChI=1S/C10H17N3O3/c1-6(2)5-8-12-10(16-13-8)7(11)3-4-9(14)15/h6-7H,3-5,11H2,1-2H3,(H,14,15)/t7-/m0/s1. The fourth-order valence-corrected chi connectivity index (χ4v) is 1.27. The summed E-state index contributed by atoms with van der Waals surface area (Å²) in [4.78, 5) is 14.5. The highest BCUT2D eigenvalue weighted by atomic mass is 16.5. The molecule has 0 aliphatic rings. The van der Waals surface area contributed by atoms with Crippen molar-refractivity contribution < 1.29 is 14.4 Å². The molecule has 1 atom stereocenters. The number of nitrogens with zero attached hydrogens (tertiary/aromatic N) is 2. The Hall–Kier alpha value is -1.43. The number of nitrogens with two attached hydrogens (primary N) is 1. The molecular weight excluding hydrogens is 210 g/mol. The number of aliphatic carboxylic acids is 1. The SMILES string of the molecule is CC(C)Cc1noc([C@@H](N)CCC(=O)O)n1. The summed E-state index contributed by atoms with van der Waals surface area (Å²) in [5.41, 5.74) is 5.73. The van der Waals surface area contributed by atoms with E-state index in [0.717, 1.165) is 6.42 Å². The van der Waals surface area contributed by atoms with E-state index in [0.29, 0.717) is 24.1 Å². The molecule has 0 aliphatic carbocycles. The number of hydrogen-bond donors (Lipinski definition) is 2. The number of aromatic nitrogens is 2. The van der Waals surface area contributed by atoms with Gasteiger partial charge < -0.3 is 15.4 Å². The van der Waals surface area contributed by atoms with E-state index in [1.807, 2.05) is 0 Å². The second kappa shape index (κ2) is 5.60. The van der Waals surface area contributed by atoms with Gasteiger partial charge in [0, 0.05) is 12.8 Å². The van der Waals surface area contributed by atoms with Crippen molar-refractivity contribution >= 4 is 5.97 Å². The molecule has 0 amide bonds. The minimum Gasteiger partial charge on any atom is -0.481 e. The van der Waals surface area contributed by atoms with E-state index in [-0.39, 0.29) is 6.42 Å². The van der Waals surface area contributed by atoms with Gasteiger partial charge in [-0.1, -0.05) is 19.0 Å². The van der Waals surface area contributed by atoms with Gasteiger partial charge in [0.05, 0.1) is 6.04 Å². The average molecular weight is 227 g/mol. The molecule has 0 aromatic carbocycles. The van der Waals surface area contributed by atoms with Crippen molar-refractivity contribution in [3.63, 3.8) is 0 Å². The summed E-state index contributed by atoms with van der Waals surface area (Å²) >= 11 is 0. The van der Waals surface area contributed by atoms with Crippen LogP contribution in [0.5, 0.6) is 0 Å². The van der Waals surface area contributed by atoms with E-state index in [2.05, 4.69) is 24.0 Å². The molecule has 0 aliphatic heterocycles. The van der Waals surface area contributed by atoms with Gasteiger partial charge in [0.25, 0.3) is 0 Å². The Labute approximate surface area is 93.8 Å². The summed E-state index contributed by atoms with van der Waals surface area (Å²) < 4.78 is 4.98. The third-order valence-corrected chi connectivity index (χ3v) is 2.06. The summed E-state index contributed by atoms with van der Waals surface area (Å²) in [5, 5.41) is 12.3. The lowest BCUT2D eigenvalue weighted by Crippen LogP contribution is -2.12. The van der Waals surface area contributed by atoms with Gasteiger partial charge in [0.15, 0.2) is 5.82 Å². The van der Waals surface area contributed by atoms with E-state index in [9.17, 15) is 4.79 Å². The monoisotopic (exact) mass is 227 g/mol. The van der Waals surface area contributed by atoms with E-state index in [4.69, 9.17) is 15.4 Å². The number of carboxylic acid groups (broad SMARTS) is 1. The lowest BCUT2D eigenvalue weighted by atomic mass is 10.1. The second-order valence-corrected chi connectivity index (χ2v) is 4.19. The minimum atomic E-state index is -0.877. The molecule has 1 rings (SSSR count). The zero-order valence-electron chi connectivity index (χ0n) is 9.51. The van der Waals surface area contributed by atoms with Crippen LogP contribution in [0.3, 0.4) is 0 Å². The summed E-state index contributed by atoms with van der Waals surface area (Å²) in [6, 6.07) is -0.496. The van der Waals surface area contributed by atoms with Gasteiger partial charge in [-0.05, 0) is 12.3 Å². The summed E-state index contributed by atoms with van der Waals surface area (Å²) in [7, 11) is 0. The molecule has 1 heterocycles. The predicted molar refractivity (Wildman–Crippen MR) is 56.6 cm³/mol. The molecule has 6 nitrogen and oxygen atoms in total. The van der Waals surface area contributed by atoms with Gasteiger partial charge in [-0.2, -0.15) is 4.98 Å². The Morgan fingerprint density at radius 3 is 2.81 bits per heavy atom. The van der Waals surface area contributed by atoms with E-state index < -0.39 is 12.0 Å². The van der Waals surface area contributed by atoms with Crippen molar-refractivity contribution in [2.24, 2.45) is 11.7 Å². The molecule has 6 heteroatoms. The van der Waals surface area contributed by atoms with Gasteiger partial charge in [0.2, 0.25) is 5.89 Å². The van der Waals surface area contributed by atoms with Gasteiger partial charge in [0.1, 0.15) is 0 Å². The highest BCUT2D eigenvalue weighted by Gasteiger charge is 2.16. The van der Waals surface area contributed by atoms with Crippen LogP contribution >= 0.6 is 0 Å². The average Bonchev–Trinajstić information content (AvgIpc) is 2.61. The van der Waals surface area contributed by atoms with Crippen molar-refractivity contribution in [2.45, 2.75) is 39.2 Å². The Kier molecular flexibility index (Phi) is 4.42. The lowest BCUT2D eigenvalue weighted by Gasteiger charge is -2.03. The normalized spacial score (nSPS) is 13.0. The van der Waals surface area contributed by atoms with Crippen molar-refractivity contribution in [3.8, 4) is 0 Å². The summed E-state index contributed by atoms with van der Waals surface area (Å²) in [5.74, 6) is 0.505. The maximum Gasteiger partial charge on any atom is 0.303 e. The molecule has 16 heavy (non-hydrogen) atoms. The first-order valence-electron chi connectivity index (χ1n) is 5.29. The Balaban J connectivity index is 2.52. The van der Waals surface area contributed by atoms with Crippen molar-refractivity contribution in [2.75, 3.05) is 0 Å². The lowest BCUT2D eigenvalue weighted by molar-refractivity contribution is -0.137. The zero-order chi connectivity index (χ0) is 12.1. The first-order valence-corrected chi connectivity index (χ1v) is 5.29. The fourth-order valence-electron chi connectivity index (χ4n) is 1.27. The van der Waals surface area contributed by atoms with Crippen molar-refractivity contribution in [1.82, 2.24) is 10.1 Å². The van der Waals surface area contributed by atoms with Gasteiger partial charge >= 0.3 is 5.97 Å². The van der Waals surface area contributed by atoms with Gasteiger partial charge in [-0.3, -0.25) is 4.79 Å². The first-order chi connectivity index (χ1) is 7.49.